The second kappa shape index (κ2) is 8.93. The highest BCUT2D eigenvalue weighted by Crippen LogP contribution is 2.28. The smallest absolute Gasteiger partial charge is 0.244 e. The highest BCUT2D eigenvalue weighted by atomic mass is 35.5. The fourth-order valence-electron chi connectivity index (χ4n) is 3.40. The van der Waals surface area contributed by atoms with Crippen molar-refractivity contribution in [2.24, 2.45) is 0 Å². The lowest BCUT2D eigenvalue weighted by Crippen LogP contribution is -2.51. The Morgan fingerprint density at radius 1 is 1.00 bits per heavy atom. The number of hydrogen-bond donors (Lipinski definition) is 0. The molecule has 0 N–H and O–H groups in total. The van der Waals surface area contributed by atoms with Gasteiger partial charge in [-0.2, -0.15) is 4.31 Å². The van der Waals surface area contributed by atoms with Crippen molar-refractivity contribution in [3.63, 3.8) is 0 Å². The van der Waals surface area contributed by atoms with E-state index in [0.29, 0.717) is 18.8 Å². The zero-order chi connectivity index (χ0) is 21.1. The second-order valence-electron chi connectivity index (χ2n) is 6.83. The van der Waals surface area contributed by atoms with E-state index in [1.54, 1.807) is 29.3 Å². The maximum absolute atomic E-state index is 12.8. The molecule has 0 spiro atoms. The Morgan fingerprint density at radius 2 is 1.70 bits per heavy atom. The quantitative estimate of drug-likeness (QED) is 0.544. The van der Waals surface area contributed by atoms with Crippen molar-refractivity contribution < 1.29 is 13.2 Å². The number of carbonyl (C=O) groups excluding carboxylic acids is 1. The van der Waals surface area contributed by atoms with Crippen molar-refractivity contribution in [1.29, 1.82) is 0 Å². The van der Waals surface area contributed by atoms with Crippen LogP contribution in [0.25, 0.3) is 10.9 Å². The molecule has 1 saturated heterocycles. The number of pyridine rings is 1. The van der Waals surface area contributed by atoms with E-state index in [1.165, 1.54) is 22.1 Å². The average molecular weight is 462 g/mol. The van der Waals surface area contributed by atoms with E-state index in [-0.39, 0.29) is 28.9 Å². The molecule has 0 saturated carbocycles. The molecule has 9 heteroatoms. The first-order valence-corrected chi connectivity index (χ1v) is 12.3. The summed E-state index contributed by atoms with van der Waals surface area (Å²) in [4.78, 5) is 19.9. The van der Waals surface area contributed by atoms with Gasteiger partial charge in [0.2, 0.25) is 15.9 Å². The minimum Gasteiger partial charge on any atom is -0.339 e. The average Bonchev–Trinajstić information content (AvgIpc) is 2.77. The molecule has 0 unspecified atom stereocenters. The molecule has 1 amide bonds. The molecule has 0 radical (unpaired) electrons. The molecule has 1 aromatic heterocycles. The van der Waals surface area contributed by atoms with Gasteiger partial charge in [0, 0.05) is 42.7 Å². The molecule has 0 bridgehead atoms. The van der Waals surface area contributed by atoms with Crippen LogP contribution in [0.15, 0.2) is 70.6 Å². The summed E-state index contributed by atoms with van der Waals surface area (Å²) in [5.41, 5.74) is 0.897. The number of hydrogen-bond acceptors (Lipinski definition) is 5. The lowest BCUT2D eigenvalue weighted by atomic mass is 10.2. The number of rotatable bonds is 5. The van der Waals surface area contributed by atoms with Crippen molar-refractivity contribution in [2.45, 2.75) is 9.79 Å². The summed E-state index contributed by atoms with van der Waals surface area (Å²) in [6.07, 6.45) is 1.74. The van der Waals surface area contributed by atoms with Crippen LogP contribution in [-0.2, 0) is 14.8 Å². The predicted octanol–water partition coefficient (Wildman–Crippen LogP) is 3.51. The minimum atomic E-state index is -3.67. The van der Waals surface area contributed by atoms with Crippen LogP contribution >= 0.6 is 23.4 Å². The molecule has 1 aliphatic heterocycles. The van der Waals surface area contributed by atoms with Gasteiger partial charge in [0.25, 0.3) is 0 Å². The Morgan fingerprint density at radius 3 is 2.47 bits per heavy atom. The summed E-state index contributed by atoms with van der Waals surface area (Å²) in [5.74, 6) is 0.293. The van der Waals surface area contributed by atoms with Crippen LogP contribution in [0, 0.1) is 0 Å². The predicted molar refractivity (Wildman–Crippen MR) is 119 cm³/mol. The Bertz CT molecular complexity index is 1170. The summed E-state index contributed by atoms with van der Waals surface area (Å²) >= 11 is 7.55. The second-order valence-corrected chi connectivity index (χ2v) is 10.2. The number of thioether (sulfide) groups is 1. The molecule has 4 rings (SSSR count). The summed E-state index contributed by atoms with van der Waals surface area (Å²) < 4.78 is 27.1. The van der Waals surface area contributed by atoms with Crippen molar-refractivity contribution in [1.82, 2.24) is 14.2 Å². The van der Waals surface area contributed by atoms with Crippen molar-refractivity contribution in [2.75, 3.05) is 31.9 Å². The Kier molecular flexibility index (Phi) is 6.29. The zero-order valence-electron chi connectivity index (χ0n) is 16.1. The van der Waals surface area contributed by atoms with Gasteiger partial charge in [0.05, 0.1) is 16.3 Å². The lowest BCUT2D eigenvalue weighted by Gasteiger charge is -2.34. The first-order chi connectivity index (χ1) is 14.5. The molecule has 6 nitrogen and oxygen atoms in total. The highest BCUT2D eigenvalue weighted by Gasteiger charge is 2.31. The van der Waals surface area contributed by atoms with Gasteiger partial charge in [-0.25, -0.2) is 8.42 Å². The monoisotopic (exact) mass is 461 g/mol. The van der Waals surface area contributed by atoms with Crippen LogP contribution in [0.1, 0.15) is 0 Å². The van der Waals surface area contributed by atoms with Gasteiger partial charge in [-0.3, -0.25) is 9.78 Å². The summed E-state index contributed by atoms with van der Waals surface area (Å²) in [6, 6.07) is 16.2. The van der Waals surface area contributed by atoms with Gasteiger partial charge in [0.15, 0.2) is 0 Å². The van der Waals surface area contributed by atoms with E-state index in [0.717, 1.165) is 15.8 Å². The van der Waals surface area contributed by atoms with E-state index in [4.69, 9.17) is 11.6 Å². The fourth-order valence-corrected chi connectivity index (χ4v) is 6.26. The van der Waals surface area contributed by atoms with Crippen LogP contribution in [0.3, 0.4) is 0 Å². The van der Waals surface area contributed by atoms with Gasteiger partial charge in [-0.05, 0) is 24.3 Å². The largest absolute Gasteiger partial charge is 0.339 e. The topological polar surface area (TPSA) is 70.6 Å². The van der Waals surface area contributed by atoms with Crippen LogP contribution in [0.2, 0.25) is 5.02 Å². The van der Waals surface area contributed by atoms with Crippen LogP contribution < -0.4 is 0 Å². The van der Waals surface area contributed by atoms with E-state index in [1.807, 2.05) is 30.3 Å². The molecule has 2 heterocycles. The summed E-state index contributed by atoms with van der Waals surface area (Å²) in [5, 5.41) is 1.23. The summed E-state index contributed by atoms with van der Waals surface area (Å²) in [7, 11) is -3.67. The van der Waals surface area contributed by atoms with Gasteiger partial charge in [-0.1, -0.05) is 41.9 Å². The molecule has 0 atom stereocenters. The van der Waals surface area contributed by atoms with Crippen molar-refractivity contribution in [3.8, 4) is 0 Å². The fraction of sp³-hybridized carbons (Fsp3) is 0.238. The number of piperazine rings is 1. The normalized spacial score (nSPS) is 15.4. The number of amides is 1. The molecular formula is C21H20ClN3O3S2. The van der Waals surface area contributed by atoms with Gasteiger partial charge >= 0.3 is 0 Å². The molecule has 156 valence electrons. The summed E-state index contributed by atoms with van der Waals surface area (Å²) in [6.45, 7) is 1.23. The molecule has 1 aliphatic rings. The number of fused-ring (bicyclic) bond motifs is 1. The van der Waals surface area contributed by atoms with Crippen molar-refractivity contribution >= 4 is 50.2 Å². The van der Waals surface area contributed by atoms with Crippen LogP contribution in [0.5, 0.6) is 0 Å². The first kappa shape index (κ1) is 21.1. The third-order valence-corrected chi connectivity index (χ3v) is 8.46. The van der Waals surface area contributed by atoms with Crippen LogP contribution in [0.4, 0.5) is 0 Å². The van der Waals surface area contributed by atoms with Crippen molar-refractivity contribution in [3.05, 3.63) is 65.8 Å². The van der Waals surface area contributed by atoms with Crippen LogP contribution in [-0.4, -0.2) is 60.4 Å². The number of para-hydroxylation sites is 1. The SMILES string of the molecule is O=C(CSc1ccnc2ccccc12)N1CCN(S(=O)(=O)c2ccccc2Cl)CC1. The number of benzene rings is 2. The molecule has 0 aliphatic carbocycles. The number of aromatic nitrogens is 1. The molecular weight excluding hydrogens is 442 g/mol. The van der Waals surface area contributed by atoms with E-state index >= 15 is 0 Å². The third kappa shape index (κ3) is 4.32. The Balaban J connectivity index is 1.37. The number of carbonyl (C=O) groups is 1. The number of sulfonamides is 1. The van der Waals surface area contributed by atoms with Gasteiger partial charge < -0.3 is 4.90 Å². The Labute approximate surface area is 184 Å². The lowest BCUT2D eigenvalue weighted by molar-refractivity contribution is -0.129. The van der Waals surface area contributed by atoms with E-state index in [2.05, 4.69) is 4.98 Å². The van der Waals surface area contributed by atoms with E-state index < -0.39 is 10.0 Å². The van der Waals surface area contributed by atoms with Gasteiger partial charge in [-0.15, -0.1) is 11.8 Å². The van der Waals surface area contributed by atoms with Gasteiger partial charge in [0.1, 0.15) is 4.90 Å². The molecule has 1 fully saturated rings. The molecule has 2 aromatic carbocycles. The highest BCUT2D eigenvalue weighted by molar-refractivity contribution is 8.00. The standard InChI is InChI=1S/C21H20ClN3O3S2/c22-17-6-2-4-8-20(17)30(27,28)25-13-11-24(12-14-25)21(26)15-29-19-9-10-23-18-7-3-1-5-16(18)19/h1-10H,11-15H2. The maximum atomic E-state index is 12.8. The van der Waals surface area contributed by atoms with E-state index in [9.17, 15) is 13.2 Å². The molecule has 30 heavy (non-hydrogen) atoms. The number of halogens is 1. The first-order valence-electron chi connectivity index (χ1n) is 9.46. The maximum Gasteiger partial charge on any atom is 0.244 e. The molecule has 3 aromatic rings. The third-order valence-electron chi connectivity index (χ3n) is 5.01. The Hall–Kier alpha value is -2.13. The number of nitrogens with zero attached hydrogens (tertiary/aromatic N) is 3. The minimum absolute atomic E-state index is 0.00400. The zero-order valence-corrected chi connectivity index (χ0v) is 18.5.